The molecule has 6 heterocycles. The van der Waals surface area contributed by atoms with Crippen LogP contribution in [0.25, 0.3) is 33.1 Å². The highest BCUT2D eigenvalue weighted by atomic mass is 32.2. The van der Waals surface area contributed by atoms with Crippen LogP contribution in [0.5, 0.6) is 34.5 Å². The predicted molar refractivity (Wildman–Crippen MR) is 429 cm³/mol. The molecule has 0 spiro atoms. The number of benzene rings is 3. The van der Waals surface area contributed by atoms with Crippen molar-refractivity contribution >= 4 is 106 Å². The average Bonchev–Trinajstić information content (AvgIpc) is 1.55. The van der Waals surface area contributed by atoms with Crippen molar-refractivity contribution in [3.63, 3.8) is 0 Å². The van der Waals surface area contributed by atoms with Crippen molar-refractivity contribution in [2.75, 3.05) is 54.2 Å². The van der Waals surface area contributed by atoms with E-state index in [4.69, 9.17) is 38.4 Å². The van der Waals surface area contributed by atoms with E-state index < -0.39 is 30.9 Å². The lowest BCUT2D eigenvalue weighted by atomic mass is 9.67. The SMILES string of the molecule is CCC12CCC(CC1=O)C2(C)C.COc1ccc2c(c1)nc(SCc1ncc(C)c(OC)c1C)n2S(=O)(=O)CC12CCC(CC1=O)C2(C)C.COc1ccc2nc(SCc3ncc(C)c(OC)c3C)[nH]c2c1.COc1ccc2nc(SCc3ncc(C)c(OC)c3C)n(S(=O)(=O)CC34CCC(CC3=O)C4(C)C)c2c1. The predicted octanol–water partition coefficient (Wildman–Crippen LogP) is 16.5. The molecule has 1 N–H and O–H groups in total. The molecule has 6 fully saturated rings. The molecule has 3 aromatic carbocycles. The minimum absolute atomic E-state index is 0.0671. The third-order valence-corrected chi connectivity index (χ3v) is 32.5. The first-order valence-corrected chi connectivity index (χ1v) is 43.3. The molecular weight excluding hydrogens is 1480 g/mol. The number of fused-ring (bicyclic) bond motifs is 9. The molecule has 584 valence electrons. The number of pyridine rings is 3. The Balaban J connectivity index is 0.000000144. The highest BCUT2D eigenvalue weighted by Gasteiger charge is 2.67. The fraction of sp³-hybridized carbons (Fsp3) is 0.524. The van der Waals surface area contributed by atoms with Crippen molar-refractivity contribution in [2.45, 2.75) is 187 Å². The van der Waals surface area contributed by atoms with Crippen LogP contribution in [-0.2, 0) is 51.7 Å². The molecule has 6 aliphatic rings. The summed E-state index contributed by atoms with van der Waals surface area (Å²) in [6.45, 7) is 26.8. The number of imidazole rings is 3. The number of aromatic nitrogens is 9. The largest absolute Gasteiger partial charge is 0.497 e. The number of rotatable bonds is 22. The Kier molecular flexibility index (Phi) is 22.8. The molecule has 22 nitrogen and oxygen atoms in total. The van der Waals surface area contributed by atoms with E-state index >= 15 is 0 Å². The summed E-state index contributed by atoms with van der Waals surface area (Å²) in [6, 6.07) is 16.2. The monoisotopic (exact) mass is 1580 g/mol. The van der Waals surface area contributed by atoms with Gasteiger partial charge in [-0.3, -0.25) is 29.3 Å². The number of thioether (sulfide) groups is 3. The molecule has 0 amide bonds. The molecule has 0 saturated heterocycles. The number of aryl methyl sites for hydroxylation is 3. The molecule has 0 aliphatic heterocycles. The molecular formula is C82H103N9O13S5. The normalized spacial score (nSPS) is 22.5. The average molecular weight is 1580 g/mol. The summed E-state index contributed by atoms with van der Waals surface area (Å²) in [4.78, 5) is 69.1. The Hall–Kier alpha value is -7.72. The van der Waals surface area contributed by atoms with Gasteiger partial charge in [-0.2, -0.15) is 0 Å². The summed E-state index contributed by atoms with van der Waals surface area (Å²) in [5, 5.41) is 1.56. The molecule has 109 heavy (non-hydrogen) atoms. The van der Waals surface area contributed by atoms with Gasteiger partial charge >= 0.3 is 0 Å². The zero-order chi connectivity index (χ0) is 78.9. The molecule has 6 aromatic heterocycles. The highest BCUT2D eigenvalue weighted by Crippen LogP contribution is 2.67. The van der Waals surface area contributed by atoms with E-state index in [1.807, 2.05) is 65.9 Å². The van der Waals surface area contributed by atoms with Crippen LogP contribution in [-0.4, -0.2) is 131 Å². The van der Waals surface area contributed by atoms with E-state index in [0.29, 0.717) is 98.2 Å². The van der Waals surface area contributed by atoms with Gasteiger partial charge in [-0.1, -0.05) is 83.8 Å². The summed E-state index contributed by atoms with van der Waals surface area (Å²) in [5.41, 5.74) is 10.2. The Bertz CT molecular complexity index is 5220. The van der Waals surface area contributed by atoms with Gasteiger partial charge in [-0.15, -0.1) is 0 Å². The van der Waals surface area contributed by atoms with E-state index in [1.165, 1.54) is 37.9 Å². The molecule has 0 radical (unpaired) electrons. The second kappa shape index (κ2) is 30.8. The van der Waals surface area contributed by atoms with Gasteiger partial charge in [0, 0.05) is 112 Å². The number of ether oxygens (including phenoxy) is 6. The van der Waals surface area contributed by atoms with Gasteiger partial charge < -0.3 is 33.4 Å². The van der Waals surface area contributed by atoms with E-state index in [9.17, 15) is 31.2 Å². The maximum atomic E-state index is 14.2. The zero-order valence-corrected chi connectivity index (χ0v) is 70.3. The summed E-state index contributed by atoms with van der Waals surface area (Å²) in [7, 11) is 1.83. The number of aromatic amines is 1. The van der Waals surface area contributed by atoms with Crippen molar-refractivity contribution < 1.29 is 59.6 Å². The maximum absolute atomic E-state index is 14.2. The number of nitrogens with one attached hydrogen (secondary N) is 1. The van der Waals surface area contributed by atoms with Crippen molar-refractivity contribution in [1.82, 2.24) is 42.8 Å². The molecule has 9 aromatic rings. The maximum Gasteiger partial charge on any atom is 0.242 e. The van der Waals surface area contributed by atoms with Crippen LogP contribution in [0.15, 0.2) is 88.7 Å². The fourth-order valence-corrected chi connectivity index (χ4v) is 26.9. The van der Waals surface area contributed by atoms with Gasteiger partial charge in [0.15, 0.2) is 15.5 Å². The van der Waals surface area contributed by atoms with Crippen LogP contribution in [0.2, 0.25) is 0 Å². The molecule has 6 atom stereocenters. The minimum atomic E-state index is -3.95. The number of carbonyl (C=O) groups excluding carboxylic acids is 3. The molecule has 6 aliphatic carbocycles. The van der Waals surface area contributed by atoms with Crippen molar-refractivity contribution in [1.29, 1.82) is 0 Å². The second-order valence-corrected chi connectivity index (χ2v) is 38.3. The summed E-state index contributed by atoms with van der Waals surface area (Å²) >= 11 is 4.25. The van der Waals surface area contributed by atoms with E-state index in [1.54, 1.807) is 103 Å². The smallest absolute Gasteiger partial charge is 0.242 e. The highest BCUT2D eigenvalue weighted by molar-refractivity contribution is 7.99. The van der Waals surface area contributed by atoms with Crippen molar-refractivity contribution in [3.8, 4) is 34.5 Å². The molecule has 15 rings (SSSR count). The number of methoxy groups -OCH3 is 6. The Morgan fingerprint density at radius 2 is 0.835 bits per heavy atom. The Morgan fingerprint density at radius 1 is 0.459 bits per heavy atom. The number of nitrogens with zero attached hydrogens (tertiary/aromatic N) is 8. The van der Waals surface area contributed by atoms with E-state index in [-0.39, 0.29) is 51.2 Å². The summed E-state index contributed by atoms with van der Waals surface area (Å²) in [6.07, 6.45) is 13.6. The first-order valence-electron chi connectivity index (χ1n) is 37.2. The van der Waals surface area contributed by atoms with Crippen LogP contribution in [0.4, 0.5) is 0 Å². The van der Waals surface area contributed by atoms with Gasteiger partial charge in [-0.05, 0) is 157 Å². The van der Waals surface area contributed by atoms with Crippen LogP contribution < -0.4 is 28.4 Å². The van der Waals surface area contributed by atoms with Crippen molar-refractivity contribution in [3.05, 3.63) is 124 Å². The van der Waals surface area contributed by atoms with Gasteiger partial charge in [0.25, 0.3) is 0 Å². The topological polar surface area (TPSA) is 278 Å². The number of H-pyrrole nitrogens is 1. The number of hydrogen-bond donors (Lipinski definition) is 1. The number of hydrogen-bond acceptors (Lipinski definition) is 22. The van der Waals surface area contributed by atoms with Gasteiger partial charge in [0.2, 0.25) is 20.0 Å². The van der Waals surface area contributed by atoms with Crippen LogP contribution in [0.1, 0.15) is 163 Å². The van der Waals surface area contributed by atoms with Gasteiger partial charge in [-0.25, -0.2) is 39.7 Å². The van der Waals surface area contributed by atoms with Crippen LogP contribution >= 0.6 is 35.3 Å². The second-order valence-electron chi connectivity index (χ2n) is 31.8. The van der Waals surface area contributed by atoms with Crippen molar-refractivity contribution in [2.24, 2.45) is 50.2 Å². The minimum Gasteiger partial charge on any atom is -0.497 e. The lowest BCUT2D eigenvalue weighted by Crippen LogP contribution is -2.43. The lowest BCUT2D eigenvalue weighted by Gasteiger charge is -2.36. The lowest BCUT2D eigenvalue weighted by molar-refractivity contribution is -0.130. The van der Waals surface area contributed by atoms with Gasteiger partial charge in [0.05, 0.1) is 115 Å². The van der Waals surface area contributed by atoms with Gasteiger partial charge in [0.1, 0.15) is 51.8 Å². The Morgan fingerprint density at radius 3 is 1.22 bits per heavy atom. The summed E-state index contributed by atoms with van der Waals surface area (Å²) in [5.74, 6) is 7.36. The van der Waals surface area contributed by atoms with Crippen LogP contribution in [0, 0.1) is 91.8 Å². The summed E-state index contributed by atoms with van der Waals surface area (Å²) < 4.78 is 91.9. The third kappa shape index (κ3) is 14.2. The van der Waals surface area contributed by atoms with E-state index in [0.717, 1.165) is 128 Å². The Labute approximate surface area is 653 Å². The number of carbonyl (C=O) groups is 3. The molecule has 6 saturated carbocycles. The van der Waals surface area contributed by atoms with Crippen LogP contribution in [0.3, 0.4) is 0 Å². The standard InChI is InChI=1S/2C27H33N3O5S2.C17H19N3O2S.C11H18O/c1-16-13-28-21(17(2)24(16)35-6)14-36-25-29-20-12-19(34-5)7-8-22(20)30(25)37(32,33)15-27-10-9-18(11-23(27)31)26(27,3)4;1-16-13-28-21(17(2)24(16)35-6)14-36-25-29-20-8-7-19(34-5)12-22(20)30(25)37(32,33)15-27-10-9-18(11-23(27)31)26(27,3)4;1-10-8-18-15(11(2)16(10)22-4)9-23-17-19-13-6-5-12(21-3)7-14(13)20-17;1-4-11-6-5-8(7-9(11)12)10(11,2)3/h2*7-8,12-13,18H,9-11,14-15H2,1-6H3;5-8H,9H2,1-4H3,(H,19,20);8H,4-7H2,1-3H3. The number of ketones is 3. The zero-order valence-electron chi connectivity index (χ0n) is 66.2. The fourth-order valence-electron chi connectivity index (χ4n) is 18.8. The first-order chi connectivity index (χ1) is 51.6. The first kappa shape index (κ1) is 80.8. The molecule has 27 heteroatoms. The molecule has 6 bridgehead atoms. The quantitative estimate of drug-likeness (QED) is 0.0617. The third-order valence-electron chi connectivity index (χ3n) is 26.0. The molecule has 6 unspecified atom stereocenters. The van der Waals surface area contributed by atoms with E-state index in [2.05, 4.69) is 73.4 Å². The number of Topliss-reactive ketones (excluding diaryl/α,β-unsaturated/α-hetero) is 3.